The van der Waals surface area contributed by atoms with Crippen LogP contribution in [0.2, 0.25) is 0 Å². The number of hydrogen-bond acceptors (Lipinski definition) is 5. The lowest BCUT2D eigenvalue weighted by Crippen LogP contribution is -2.50. The summed E-state index contributed by atoms with van der Waals surface area (Å²) in [5, 5.41) is 9.10. The number of allylic oxidation sites excluding steroid dienone is 2. The van der Waals surface area contributed by atoms with Crippen molar-refractivity contribution in [3.05, 3.63) is 38.0 Å². The largest absolute Gasteiger partial charge is 0.481 e. The average molecular weight is 365 g/mol. The van der Waals surface area contributed by atoms with Crippen LogP contribution in [0.3, 0.4) is 0 Å². The van der Waals surface area contributed by atoms with Crippen molar-refractivity contribution in [2.24, 2.45) is 0 Å². The number of imide groups is 1. The fourth-order valence-electron chi connectivity index (χ4n) is 2.21. The molecule has 0 spiro atoms. The van der Waals surface area contributed by atoms with Gasteiger partial charge in [0.1, 0.15) is 12.6 Å². The number of hydrogen-bond donors (Lipinski definition) is 1. The summed E-state index contributed by atoms with van der Waals surface area (Å²) in [4.78, 5) is 49.2. The molecule has 0 aromatic rings. The number of ether oxygens (including phenoxy) is 1. The Bertz CT molecular complexity index is 514. The van der Waals surface area contributed by atoms with Gasteiger partial charge >= 0.3 is 11.9 Å². The first-order chi connectivity index (χ1) is 12.4. The molecule has 1 N–H and O–H groups in total. The van der Waals surface area contributed by atoms with E-state index in [1.165, 1.54) is 6.08 Å². The molecule has 0 aliphatic rings. The predicted molar refractivity (Wildman–Crippen MR) is 97.1 cm³/mol. The van der Waals surface area contributed by atoms with Gasteiger partial charge in [-0.2, -0.15) is 0 Å². The summed E-state index contributed by atoms with van der Waals surface area (Å²) in [6.45, 7) is 10.4. The monoisotopic (exact) mass is 365 g/mol. The van der Waals surface area contributed by atoms with Crippen molar-refractivity contribution in [3.8, 4) is 0 Å². The van der Waals surface area contributed by atoms with Crippen LogP contribution in [0.5, 0.6) is 0 Å². The second kappa shape index (κ2) is 13.6. The number of nitrogens with zero attached hydrogens (tertiary/aromatic N) is 1. The van der Waals surface area contributed by atoms with E-state index in [2.05, 4.69) is 19.7 Å². The van der Waals surface area contributed by atoms with Crippen LogP contribution in [-0.4, -0.2) is 46.4 Å². The molecule has 0 aromatic carbocycles. The first kappa shape index (κ1) is 23.3. The molecule has 0 fully saturated rings. The summed E-state index contributed by atoms with van der Waals surface area (Å²) in [5.74, 6) is -3.45. The first-order valence-electron chi connectivity index (χ1n) is 8.45. The zero-order valence-electron chi connectivity index (χ0n) is 15.0. The highest BCUT2D eigenvalue weighted by molar-refractivity contribution is 6.00. The van der Waals surface area contributed by atoms with E-state index in [1.807, 2.05) is 0 Å². The molecule has 1 atom stereocenters. The molecule has 0 aromatic heterocycles. The van der Waals surface area contributed by atoms with Gasteiger partial charge in [0.25, 0.3) is 0 Å². The van der Waals surface area contributed by atoms with Crippen molar-refractivity contribution in [2.75, 3.05) is 6.61 Å². The lowest BCUT2D eigenvalue weighted by Gasteiger charge is -2.28. The zero-order chi connectivity index (χ0) is 19.9. The topological polar surface area (TPSA) is 101 Å². The van der Waals surface area contributed by atoms with Gasteiger partial charge in [-0.15, -0.1) is 13.2 Å². The number of carbonyl (C=O) groups excluding carboxylic acids is 3. The third-order valence-corrected chi connectivity index (χ3v) is 3.43. The number of aliphatic carboxylic acids is 1. The summed E-state index contributed by atoms with van der Waals surface area (Å²) in [5.41, 5.74) is 0. The number of unbranched alkanes of at least 4 members (excludes halogenated alkanes) is 2. The van der Waals surface area contributed by atoms with Gasteiger partial charge in [-0.25, -0.2) is 4.79 Å². The molecule has 0 rings (SSSR count). The standard InChI is InChI=1S/C19H27NO6/c1-4-7-9-11-16(21)20(17(22)12-10-8-5-2)15(14-18(23)24)19(25)26-13-6-3/h4-6,15H,1-3,7-14H2,(H,23,24). The molecular weight excluding hydrogens is 338 g/mol. The SMILES string of the molecule is C=CCCCC(=O)N(C(=O)CCCC=C)C(CC(=O)O)C(=O)OCC=C. The minimum absolute atomic E-state index is 0.00404. The second-order valence-corrected chi connectivity index (χ2v) is 5.55. The maximum absolute atomic E-state index is 12.5. The number of carboxylic acids is 1. The number of amides is 2. The van der Waals surface area contributed by atoms with E-state index < -0.39 is 36.2 Å². The van der Waals surface area contributed by atoms with E-state index in [1.54, 1.807) is 12.2 Å². The Morgan fingerprint density at radius 2 is 1.42 bits per heavy atom. The lowest BCUT2D eigenvalue weighted by molar-refractivity contribution is -0.163. The van der Waals surface area contributed by atoms with Gasteiger partial charge in [0.2, 0.25) is 11.8 Å². The van der Waals surface area contributed by atoms with Gasteiger partial charge in [0.15, 0.2) is 0 Å². The molecule has 0 heterocycles. The molecule has 2 amide bonds. The molecule has 7 nitrogen and oxygen atoms in total. The van der Waals surface area contributed by atoms with Gasteiger partial charge in [-0.05, 0) is 25.7 Å². The van der Waals surface area contributed by atoms with Crippen molar-refractivity contribution >= 4 is 23.8 Å². The molecule has 0 bridgehead atoms. The van der Waals surface area contributed by atoms with Crippen molar-refractivity contribution < 1.29 is 29.0 Å². The highest BCUT2D eigenvalue weighted by atomic mass is 16.5. The van der Waals surface area contributed by atoms with Gasteiger partial charge in [-0.3, -0.25) is 19.3 Å². The third-order valence-electron chi connectivity index (χ3n) is 3.43. The van der Waals surface area contributed by atoms with E-state index >= 15 is 0 Å². The fraction of sp³-hybridized carbons (Fsp3) is 0.474. The Labute approximate surface area is 154 Å². The highest BCUT2D eigenvalue weighted by Gasteiger charge is 2.36. The number of rotatable bonds is 14. The van der Waals surface area contributed by atoms with Crippen LogP contribution < -0.4 is 0 Å². The van der Waals surface area contributed by atoms with Crippen molar-refractivity contribution in [1.82, 2.24) is 4.90 Å². The molecule has 144 valence electrons. The van der Waals surface area contributed by atoms with E-state index in [0.717, 1.165) is 4.90 Å². The quantitative estimate of drug-likeness (QED) is 0.288. The Morgan fingerprint density at radius 1 is 0.923 bits per heavy atom. The maximum atomic E-state index is 12.5. The van der Waals surface area contributed by atoms with Crippen molar-refractivity contribution in [2.45, 2.75) is 51.0 Å². The van der Waals surface area contributed by atoms with Crippen LogP contribution >= 0.6 is 0 Å². The van der Waals surface area contributed by atoms with Gasteiger partial charge in [0.05, 0.1) is 6.42 Å². The Balaban J connectivity index is 5.48. The highest BCUT2D eigenvalue weighted by Crippen LogP contribution is 2.15. The Morgan fingerprint density at radius 3 is 1.81 bits per heavy atom. The lowest BCUT2D eigenvalue weighted by atomic mass is 10.1. The summed E-state index contributed by atoms with van der Waals surface area (Å²) in [6, 6.07) is -1.50. The van der Waals surface area contributed by atoms with Gasteiger partial charge in [0, 0.05) is 12.8 Å². The smallest absolute Gasteiger partial charge is 0.330 e. The number of carboxylic acid groups (broad SMARTS) is 1. The molecule has 0 saturated heterocycles. The van der Waals surface area contributed by atoms with E-state index in [4.69, 9.17) is 9.84 Å². The van der Waals surface area contributed by atoms with Crippen molar-refractivity contribution in [3.63, 3.8) is 0 Å². The average Bonchev–Trinajstić information content (AvgIpc) is 2.59. The van der Waals surface area contributed by atoms with E-state index in [-0.39, 0.29) is 19.4 Å². The summed E-state index contributed by atoms with van der Waals surface area (Å²) < 4.78 is 4.89. The number of carbonyl (C=O) groups is 4. The maximum Gasteiger partial charge on any atom is 0.330 e. The molecule has 0 aliphatic heterocycles. The molecule has 7 heteroatoms. The summed E-state index contributed by atoms with van der Waals surface area (Å²) in [6.07, 6.45) is 5.90. The Hall–Kier alpha value is -2.70. The van der Waals surface area contributed by atoms with E-state index in [9.17, 15) is 19.2 Å². The van der Waals surface area contributed by atoms with Crippen LogP contribution in [0.15, 0.2) is 38.0 Å². The minimum atomic E-state index is -1.50. The molecule has 1 unspecified atom stereocenters. The normalized spacial score (nSPS) is 11.1. The second-order valence-electron chi connectivity index (χ2n) is 5.55. The van der Waals surface area contributed by atoms with Crippen LogP contribution in [0.4, 0.5) is 0 Å². The number of esters is 1. The molecule has 0 radical (unpaired) electrons. The fourth-order valence-corrected chi connectivity index (χ4v) is 2.21. The zero-order valence-corrected chi connectivity index (χ0v) is 15.0. The summed E-state index contributed by atoms with van der Waals surface area (Å²) in [7, 11) is 0. The Kier molecular flexibility index (Phi) is 12.2. The van der Waals surface area contributed by atoms with Crippen molar-refractivity contribution in [1.29, 1.82) is 0 Å². The van der Waals surface area contributed by atoms with Crippen LogP contribution in [0, 0.1) is 0 Å². The molecule has 0 aliphatic carbocycles. The molecule has 0 saturated carbocycles. The first-order valence-corrected chi connectivity index (χ1v) is 8.45. The van der Waals surface area contributed by atoms with Crippen LogP contribution in [0.1, 0.15) is 44.9 Å². The third kappa shape index (κ3) is 8.96. The van der Waals surface area contributed by atoms with Crippen LogP contribution in [-0.2, 0) is 23.9 Å². The minimum Gasteiger partial charge on any atom is -0.481 e. The molecule has 26 heavy (non-hydrogen) atoms. The van der Waals surface area contributed by atoms with Gasteiger partial charge < -0.3 is 9.84 Å². The molecular formula is C19H27NO6. The predicted octanol–water partition coefficient (Wildman–Crippen LogP) is 2.63. The summed E-state index contributed by atoms with van der Waals surface area (Å²) >= 11 is 0. The van der Waals surface area contributed by atoms with Crippen LogP contribution in [0.25, 0.3) is 0 Å². The van der Waals surface area contributed by atoms with E-state index in [0.29, 0.717) is 25.7 Å². The van der Waals surface area contributed by atoms with Gasteiger partial charge in [-0.1, -0.05) is 24.8 Å².